The summed E-state index contributed by atoms with van der Waals surface area (Å²) in [5, 5.41) is 0. The van der Waals surface area contributed by atoms with E-state index in [9.17, 15) is 4.79 Å². The Kier molecular flexibility index (Phi) is 6.06. The average molecular weight is 341 g/mol. The minimum atomic E-state index is -0.175. The second kappa shape index (κ2) is 8.24. The fourth-order valence-electron chi connectivity index (χ4n) is 2.59. The van der Waals surface area contributed by atoms with Gasteiger partial charge in [-0.25, -0.2) is 0 Å². The lowest BCUT2D eigenvalue weighted by molar-refractivity contribution is 0.104. The van der Waals surface area contributed by atoms with Gasteiger partial charge < -0.3 is 19.1 Å². The summed E-state index contributed by atoms with van der Waals surface area (Å²) in [6.07, 6.45) is 3.33. The van der Waals surface area contributed by atoms with E-state index in [4.69, 9.17) is 14.2 Å². The van der Waals surface area contributed by atoms with Crippen LogP contribution in [0.15, 0.2) is 42.5 Å². The van der Waals surface area contributed by atoms with Crippen LogP contribution in [0, 0.1) is 0 Å². The highest BCUT2D eigenvalue weighted by Gasteiger charge is 2.19. The summed E-state index contributed by atoms with van der Waals surface area (Å²) < 4.78 is 16.0. The van der Waals surface area contributed by atoms with Crippen LogP contribution in [0.3, 0.4) is 0 Å². The number of nitrogens with zero attached hydrogens (tertiary/aromatic N) is 1. The Labute approximate surface area is 148 Å². The first kappa shape index (κ1) is 18.4. The summed E-state index contributed by atoms with van der Waals surface area (Å²) in [6, 6.07) is 11.2. The molecule has 25 heavy (non-hydrogen) atoms. The van der Waals surface area contributed by atoms with Crippen LogP contribution in [0.1, 0.15) is 15.9 Å². The van der Waals surface area contributed by atoms with Crippen molar-refractivity contribution in [2.24, 2.45) is 0 Å². The van der Waals surface area contributed by atoms with E-state index in [1.807, 2.05) is 43.3 Å². The van der Waals surface area contributed by atoms with Crippen LogP contribution in [0.25, 0.3) is 6.08 Å². The number of carbonyl (C=O) groups excluding carboxylic acids is 1. The molecule has 0 N–H and O–H groups in total. The highest BCUT2D eigenvalue weighted by atomic mass is 16.5. The van der Waals surface area contributed by atoms with Gasteiger partial charge in [-0.1, -0.05) is 18.2 Å². The predicted molar refractivity (Wildman–Crippen MR) is 100 cm³/mol. The highest BCUT2D eigenvalue weighted by molar-refractivity contribution is 6.09. The van der Waals surface area contributed by atoms with Crippen molar-refractivity contribution in [2.45, 2.75) is 0 Å². The Bertz CT molecular complexity index is 781. The molecule has 2 aromatic carbocycles. The molecular weight excluding hydrogens is 318 g/mol. The van der Waals surface area contributed by atoms with Crippen molar-refractivity contribution >= 4 is 17.5 Å². The van der Waals surface area contributed by atoms with E-state index >= 15 is 0 Å². The standard InChI is InChI=1S/C20H23NO4/c1-21(2)16-9-7-6-8-14(16)10-12-17(22)15-11-13-18(23-3)20(25-5)19(15)24-4/h6-13H,1-5H3. The van der Waals surface area contributed by atoms with Crippen molar-refractivity contribution in [1.29, 1.82) is 0 Å². The average Bonchev–Trinajstić information content (AvgIpc) is 2.64. The van der Waals surface area contributed by atoms with Crippen LogP contribution in [-0.2, 0) is 0 Å². The number of hydrogen-bond donors (Lipinski definition) is 0. The summed E-state index contributed by atoms with van der Waals surface area (Å²) in [4.78, 5) is 14.7. The first-order chi connectivity index (χ1) is 12.0. The first-order valence-corrected chi connectivity index (χ1v) is 7.81. The summed E-state index contributed by atoms with van der Waals surface area (Å²) in [6.45, 7) is 0. The van der Waals surface area contributed by atoms with Gasteiger partial charge in [-0.2, -0.15) is 0 Å². The molecule has 0 unspecified atom stereocenters. The topological polar surface area (TPSA) is 48.0 Å². The molecule has 0 aliphatic rings. The summed E-state index contributed by atoms with van der Waals surface area (Å²) in [5.41, 5.74) is 2.41. The van der Waals surface area contributed by atoms with Crippen LogP contribution >= 0.6 is 0 Å². The maximum absolute atomic E-state index is 12.7. The maximum atomic E-state index is 12.7. The second-order valence-electron chi connectivity index (χ2n) is 5.53. The van der Waals surface area contributed by atoms with E-state index < -0.39 is 0 Å². The van der Waals surface area contributed by atoms with Gasteiger partial charge in [0.15, 0.2) is 17.3 Å². The van der Waals surface area contributed by atoms with Crippen LogP contribution in [0.4, 0.5) is 5.69 Å². The highest BCUT2D eigenvalue weighted by Crippen LogP contribution is 2.40. The number of para-hydroxylation sites is 1. The zero-order valence-corrected chi connectivity index (χ0v) is 15.2. The van der Waals surface area contributed by atoms with E-state index in [1.165, 1.54) is 27.4 Å². The van der Waals surface area contributed by atoms with Crippen molar-refractivity contribution in [2.75, 3.05) is 40.3 Å². The maximum Gasteiger partial charge on any atom is 0.204 e. The molecule has 0 fully saturated rings. The molecule has 0 aliphatic heterocycles. The van der Waals surface area contributed by atoms with E-state index in [0.29, 0.717) is 22.8 Å². The zero-order valence-electron chi connectivity index (χ0n) is 15.2. The lowest BCUT2D eigenvalue weighted by atomic mass is 10.1. The van der Waals surface area contributed by atoms with Gasteiger partial charge in [0, 0.05) is 19.8 Å². The van der Waals surface area contributed by atoms with E-state index in [2.05, 4.69) is 0 Å². The predicted octanol–water partition coefficient (Wildman–Crippen LogP) is 3.67. The van der Waals surface area contributed by atoms with Gasteiger partial charge in [0.1, 0.15) is 0 Å². The molecule has 0 spiro atoms. The van der Waals surface area contributed by atoms with Gasteiger partial charge in [0.2, 0.25) is 5.75 Å². The largest absolute Gasteiger partial charge is 0.493 e. The number of hydrogen-bond acceptors (Lipinski definition) is 5. The summed E-state index contributed by atoms with van der Waals surface area (Å²) in [7, 11) is 8.48. The molecule has 0 amide bonds. The molecule has 0 saturated carbocycles. The van der Waals surface area contributed by atoms with Crippen molar-refractivity contribution in [3.8, 4) is 17.2 Å². The fourth-order valence-corrected chi connectivity index (χ4v) is 2.59. The fraction of sp³-hybridized carbons (Fsp3) is 0.250. The molecule has 2 aromatic rings. The molecule has 0 atom stereocenters. The minimum absolute atomic E-state index is 0.175. The number of methoxy groups -OCH3 is 3. The Hall–Kier alpha value is -2.95. The van der Waals surface area contributed by atoms with Gasteiger partial charge in [0.25, 0.3) is 0 Å². The minimum Gasteiger partial charge on any atom is -0.493 e. The van der Waals surface area contributed by atoms with Crippen LogP contribution < -0.4 is 19.1 Å². The quantitative estimate of drug-likeness (QED) is 0.568. The van der Waals surface area contributed by atoms with E-state index in [1.54, 1.807) is 18.2 Å². The molecule has 0 aliphatic carbocycles. The van der Waals surface area contributed by atoms with Gasteiger partial charge in [-0.15, -0.1) is 0 Å². The van der Waals surface area contributed by atoms with Gasteiger partial charge in [-0.3, -0.25) is 4.79 Å². The van der Waals surface area contributed by atoms with E-state index in [0.717, 1.165) is 11.3 Å². The third-order valence-corrected chi connectivity index (χ3v) is 3.80. The molecule has 2 rings (SSSR count). The smallest absolute Gasteiger partial charge is 0.204 e. The van der Waals surface area contributed by atoms with Crippen LogP contribution in [-0.4, -0.2) is 41.2 Å². The zero-order chi connectivity index (χ0) is 18.4. The number of ether oxygens (including phenoxy) is 3. The van der Waals surface area contributed by atoms with Crippen LogP contribution in [0.2, 0.25) is 0 Å². The van der Waals surface area contributed by atoms with Crippen molar-refractivity contribution < 1.29 is 19.0 Å². The SMILES string of the molecule is COc1ccc(C(=O)C=Cc2ccccc2N(C)C)c(OC)c1OC. The monoisotopic (exact) mass is 341 g/mol. The van der Waals surface area contributed by atoms with Crippen molar-refractivity contribution in [3.05, 3.63) is 53.6 Å². The number of carbonyl (C=O) groups is 1. The number of ketones is 1. The molecule has 0 heterocycles. The Balaban J connectivity index is 2.39. The number of allylic oxidation sites excluding steroid dienone is 1. The molecular formula is C20H23NO4. The molecule has 132 valence electrons. The van der Waals surface area contributed by atoms with Crippen LogP contribution in [0.5, 0.6) is 17.2 Å². The van der Waals surface area contributed by atoms with Gasteiger partial charge in [-0.05, 0) is 35.9 Å². The lowest BCUT2D eigenvalue weighted by Gasteiger charge is -2.15. The number of benzene rings is 2. The van der Waals surface area contributed by atoms with Gasteiger partial charge in [0.05, 0.1) is 26.9 Å². The number of rotatable bonds is 7. The molecule has 0 radical (unpaired) electrons. The normalized spacial score (nSPS) is 10.6. The Morgan fingerprint density at radius 2 is 1.60 bits per heavy atom. The molecule has 5 nitrogen and oxygen atoms in total. The lowest BCUT2D eigenvalue weighted by Crippen LogP contribution is -2.09. The molecule has 0 saturated heterocycles. The van der Waals surface area contributed by atoms with Gasteiger partial charge >= 0.3 is 0 Å². The summed E-state index contributed by atoms with van der Waals surface area (Å²) >= 11 is 0. The van der Waals surface area contributed by atoms with E-state index in [-0.39, 0.29) is 5.78 Å². The summed E-state index contributed by atoms with van der Waals surface area (Å²) in [5.74, 6) is 1.10. The third kappa shape index (κ3) is 3.94. The molecule has 0 bridgehead atoms. The van der Waals surface area contributed by atoms with Crippen molar-refractivity contribution in [1.82, 2.24) is 0 Å². The van der Waals surface area contributed by atoms with Crippen molar-refractivity contribution in [3.63, 3.8) is 0 Å². The third-order valence-electron chi connectivity index (χ3n) is 3.80. The Morgan fingerprint density at radius 3 is 2.20 bits per heavy atom. The number of anilines is 1. The Morgan fingerprint density at radius 1 is 0.920 bits per heavy atom. The first-order valence-electron chi connectivity index (χ1n) is 7.81. The molecule has 5 heteroatoms. The second-order valence-corrected chi connectivity index (χ2v) is 5.53. The molecule has 0 aromatic heterocycles.